The minimum Gasteiger partial charge on any atom is -0.508 e. The van der Waals surface area contributed by atoms with Crippen molar-refractivity contribution in [3.8, 4) is 11.5 Å². The van der Waals surface area contributed by atoms with Crippen LogP contribution in [-0.4, -0.2) is 18.3 Å². The highest BCUT2D eigenvalue weighted by atomic mass is 35.5. The molecule has 0 amide bonds. The average molecular weight is 190 g/mol. The molecule has 0 unspecified atom stereocenters. The summed E-state index contributed by atoms with van der Waals surface area (Å²) in [7, 11) is 0. The summed E-state index contributed by atoms with van der Waals surface area (Å²) < 4.78 is 5.17. The second-order valence-corrected chi connectivity index (χ2v) is 2.13. The van der Waals surface area contributed by atoms with E-state index < -0.39 is 0 Å². The second-order valence-electron chi connectivity index (χ2n) is 2.13. The van der Waals surface area contributed by atoms with E-state index in [-0.39, 0.29) is 18.2 Å². The number of aromatic hydroxyl groups is 1. The molecule has 0 radical (unpaired) electrons. The quantitative estimate of drug-likeness (QED) is 0.750. The van der Waals surface area contributed by atoms with Gasteiger partial charge in [-0.2, -0.15) is 0 Å². The summed E-state index contributed by atoms with van der Waals surface area (Å²) in [6.07, 6.45) is 0. The topological polar surface area (TPSA) is 55.5 Å². The van der Waals surface area contributed by atoms with Gasteiger partial charge in [-0.15, -0.1) is 12.4 Å². The van der Waals surface area contributed by atoms with E-state index in [2.05, 4.69) is 0 Å². The third-order valence-corrected chi connectivity index (χ3v) is 1.22. The van der Waals surface area contributed by atoms with Crippen LogP contribution in [0.15, 0.2) is 24.3 Å². The van der Waals surface area contributed by atoms with E-state index in [4.69, 9.17) is 15.6 Å². The third-order valence-electron chi connectivity index (χ3n) is 1.22. The number of hydrogen-bond acceptors (Lipinski definition) is 3. The van der Waals surface area contributed by atoms with Crippen molar-refractivity contribution in [1.29, 1.82) is 0 Å². The maximum atomic E-state index is 8.90. The van der Waals surface area contributed by atoms with Gasteiger partial charge in [0, 0.05) is 6.54 Å². The number of phenolic OH excluding ortho intramolecular Hbond substituents is 1. The standard InChI is InChI=1S/C8H11NO2.ClH/c9-5-6-11-8-3-1-7(10)2-4-8;/h1-4,10H,5-6,9H2;1H. The number of ether oxygens (including phenoxy) is 1. The Bertz CT molecular complexity index is 213. The molecule has 0 fully saturated rings. The first-order valence-corrected chi connectivity index (χ1v) is 3.45. The molecular formula is C8H12ClNO2. The predicted molar refractivity (Wildman–Crippen MR) is 49.9 cm³/mol. The minimum absolute atomic E-state index is 0. The largest absolute Gasteiger partial charge is 0.508 e. The lowest BCUT2D eigenvalue weighted by molar-refractivity contribution is 0.327. The Hall–Kier alpha value is -0.930. The van der Waals surface area contributed by atoms with Gasteiger partial charge in [-0.3, -0.25) is 0 Å². The highest BCUT2D eigenvalue weighted by Gasteiger charge is 1.91. The molecule has 4 heteroatoms. The fourth-order valence-corrected chi connectivity index (χ4v) is 0.719. The van der Waals surface area contributed by atoms with Gasteiger partial charge in [0.25, 0.3) is 0 Å². The van der Waals surface area contributed by atoms with Gasteiger partial charge in [-0.05, 0) is 24.3 Å². The van der Waals surface area contributed by atoms with Crippen molar-refractivity contribution in [2.45, 2.75) is 0 Å². The van der Waals surface area contributed by atoms with E-state index in [9.17, 15) is 0 Å². The van der Waals surface area contributed by atoms with Crippen LogP contribution in [0.25, 0.3) is 0 Å². The molecule has 1 aromatic carbocycles. The van der Waals surface area contributed by atoms with Gasteiger partial charge < -0.3 is 15.6 Å². The van der Waals surface area contributed by atoms with Crippen LogP contribution in [0.1, 0.15) is 0 Å². The van der Waals surface area contributed by atoms with Gasteiger partial charge >= 0.3 is 0 Å². The van der Waals surface area contributed by atoms with E-state index in [1.165, 1.54) is 0 Å². The van der Waals surface area contributed by atoms with Crippen LogP contribution in [0.4, 0.5) is 0 Å². The molecule has 0 aromatic heterocycles. The molecule has 12 heavy (non-hydrogen) atoms. The predicted octanol–water partition coefficient (Wildman–Crippen LogP) is 1.15. The van der Waals surface area contributed by atoms with Crippen LogP contribution in [0.2, 0.25) is 0 Å². The van der Waals surface area contributed by atoms with Crippen molar-refractivity contribution in [2.24, 2.45) is 5.73 Å². The number of nitrogens with two attached hydrogens (primary N) is 1. The molecule has 0 spiro atoms. The molecule has 0 heterocycles. The molecule has 0 aliphatic rings. The molecule has 0 aliphatic heterocycles. The Morgan fingerprint density at radius 3 is 2.33 bits per heavy atom. The molecule has 68 valence electrons. The zero-order valence-electron chi connectivity index (χ0n) is 6.56. The first-order chi connectivity index (χ1) is 5.33. The Morgan fingerprint density at radius 2 is 1.83 bits per heavy atom. The molecule has 0 aliphatic carbocycles. The molecule has 0 atom stereocenters. The summed E-state index contributed by atoms with van der Waals surface area (Å²) >= 11 is 0. The van der Waals surface area contributed by atoms with Crippen molar-refractivity contribution in [3.63, 3.8) is 0 Å². The molecule has 3 nitrogen and oxygen atoms in total. The lowest BCUT2D eigenvalue weighted by atomic mass is 10.3. The number of hydrogen-bond donors (Lipinski definition) is 2. The summed E-state index contributed by atoms with van der Waals surface area (Å²) in [6, 6.07) is 6.55. The number of rotatable bonds is 3. The Labute approximate surface area is 77.6 Å². The highest BCUT2D eigenvalue weighted by molar-refractivity contribution is 5.85. The highest BCUT2D eigenvalue weighted by Crippen LogP contribution is 2.15. The molecule has 1 aromatic rings. The minimum atomic E-state index is 0. The van der Waals surface area contributed by atoms with Crippen molar-refractivity contribution < 1.29 is 9.84 Å². The summed E-state index contributed by atoms with van der Waals surface area (Å²) in [4.78, 5) is 0. The van der Waals surface area contributed by atoms with Gasteiger partial charge in [-0.1, -0.05) is 0 Å². The first-order valence-electron chi connectivity index (χ1n) is 3.45. The van der Waals surface area contributed by atoms with Gasteiger partial charge in [0.2, 0.25) is 0 Å². The number of phenols is 1. The normalized spacial score (nSPS) is 8.75. The van der Waals surface area contributed by atoms with Crippen molar-refractivity contribution >= 4 is 12.4 Å². The zero-order chi connectivity index (χ0) is 8.10. The van der Waals surface area contributed by atoms with Crippen molar-refractivity contribution in [3.05, 3.63) is 24.3 Å². The van der Waals surface area contributed by atoms with E-state index in [1.54, 1.807) is 24.3 Å². The smallest absolute Gasteiger partial charge is 0.119 e. The molecular weight excluding hydrogens is 178 g/mol. The SMILES string of the molecule is Cl.NCCOc1ccc(O)cc1. The van der Waals surface area contributed by atoms with Crippen LogP contribution in [0.3, 0.4) is 0 Å². The van der Waals surface area contributed by atoms with Crippen LogP contribution < -0.4 is 10.5 Å². The Kier molecular flexibility index (Phi) is 5.25. The van der Waals surface area contributed by atoms with Gasteiger partial charge in [0.15, 0.2) is 0 Å². The Balaban J connectivity index is 0.00000121. The van der Waals surface area contributed by atoms with Crippen LogP contribution >= 0.6 is 12.4 Å². The molecule has 0 bridgehead atoms. The van der Waals surface area contributed by atoms with Crippen LogP contribution in [0.5, 0.6) is 11.5 Å². The second kappa shape index (κ2) is 5.69. The summed E-state index contributed by atoms with van der Waals surface area (Å²) in [6.45, 7) is 1.01. The number of halogens is 1. The molecule has 3 N–H and O–H groups in total. The third kappa shape index (κ3) is 3.46. The van der Waals surface area contributed by atoms with E-state index >= 15 is 0 Å². The molecule has 1 rings (SSSR count). The fourth-order valence-electron chi connectivity index (χ4n) is 0.719. The van der Waals surface area contributed by atoms with Crippen LogP contribution in [-0.2, 0) is 0 Å². The molecule has 0 saturated heterocycles. The van der Waals surface area contributed by atoms with Crippen LogP contribution in [0, 0.1) is 0 Å². The summed E-state index contributed by atoms with van der Waals surface area (Å²) in [5, 5.41) is 8.90. The summed E-state index contributed by atoms with van der Waals surface area (Å²) in [5.74, 6) is 0.971. The lowest BCUT2D eigenvalue weighted by Crippen LogP contribution is -2.10. The monoisotopic (exact) mass is 189 g/mol. The maximum Gasteiger partial charge on any atom is 0.119 e. The van der Waals surface area contributed by atoms with Crippen molar-refractivity contribution in [2.75, 3.05) is 13.2 Å². The van der Waals surface area contributed by atoms with Gasteiger partial charge in [-0.25, -0.2) is 0 Å². The first kappa shape index (κ1) is 11.1. The van der Waals surface area contributed by atoms with Gasteiger partial charge in [0.05, 0.1) is 0 Å². The maximum absolute atomic E-state index is 8.90. The van der Waals surface area contributed by atoms with E-state index in [1.807, 2.05) is 0 Å². The van der Waals surface area contributed by atoms with Crippen molar-refractivity contribution in [1.82, 2.24) is 0 Å². The number of benzene rings is 1. The fraction of sp³-hybridized carbons (Fsp3) is 0.250. The Morgan fingerprint density at radius 1 is 1.25 bits per heavy atom. The lowest BCUT2D eigenvalue weighted by Gasteiger charge is -2.02. The zero-order valence-corrected chi connectivity index (χ0v) is 7.38. The van der Waals surface area contributed by atoms with E-state index in [0.717, 1.165) is 5.75 Å². The van der Waals surface area contributed by atoms with Gasteiger partial charge in [0.1, 0.15) is 18.1 Å². The summed E-state index contributed by atoms with van der Waals surface area (Å²) in [5.41, 5.74) is 5.23. The average Bonchev–Trinajstić information content (AvgIpc) is 2.04. The van der Waals surface area contributed by atoms with E-state index in [0.29, 0.717) is 13.2 Å². The molecule has 0 saturated carbocycles.